The summed E-state index contributed by atoms with van der Waals surface area (Å²) in [4.78, 5) is 35.1. The Bertz CT molecular complexity index is 700. The summed E-state index contributed by atoms with van der Waals surface area (Å²) < 4.78 is 10.1. The number of rotatable bonds is 10. The van der Waals surface area contributed by atoms with Gasteiger partial charge in [0.05, 0.1) is 0 Å². The number of benzene rings is 1. The standard InChI is InChI=1S/C21H25NO5/c1-2-26-14-18(23)11-9-16-5-7-17(8-6-16)10-12-19(24)15-27-21(25)20-4-3-13-22-20/h5-12,20,22H,2-4,13-15H2,1H3/b11-9+,12-10+/t20-/m0/s1. The highest BCUT2D eigenvalue weighted by Gasteiger charge is 2.23. The summed E-state index contributed by atoms with van der Waals surface area (Å²) in [6.45, 7) is 2.98. The molecule has 0 aromatic heterocycles. The molecule has 0 aliphatic carbocycles. The van der Waals surface area contributed by atoms with Crippen LogP contribution in [0.5, 0.6) is 0 Å². The van der Waals surface area contributed by atoms with Crippen molar-refractivity contribution in [3.63, 3.8) is 0 Å². The molecule has 0 saturated carbocycles. The highest BCUT2D eigenvalue weighted by atomic mass is 16.5. The zero-order valence-corrected chi connectivity index (χ0v) is 15.5. The van der Waals surface area contributed by atoms with Gasteiger partial charge in [0.15, 0.2) is 18.2 Å². The van der Waals surface area contributed by atoms with Crippen LogP contribution in [-0.2, 0) is 23.9 Å². The van der Waals surface area contributed by atoms with Crippen LogP contribution in [0.1, 0.15) is 30.9 Å². The minimum Gasteiger partial charge on any atom is -0.456 e. The molecule has 0 bridgehead atoms. The predicted molar refractivity (Wildman–Crippen MR) is 103 cm³/mol. The molecular formula is C21H25NO5. The van der Waals surface area contributed by atoms with E-state index in [4.69, 9.17) is 9.47 Å². The lowest BCUT2D eigenvalue weighted by Crippen LogP contribution is -2.33. The summed E-state index contributed by atoms with van der Waals surface area (Å²) in [5.41, 5.74) is 1.71. The molecule has 6 nitrogen and oxygen atoms in total. The van der Waals surface area contributed by atoms with Crippen LogP contribution in [0.4, 0.5) is 0 Å². The molecule has 27 heavy (non-hydrogen) atoms. The minimum absolute atomic E-state index is 0.0807. The average molecular weight is 371 g/mol. The van der Waals surface area contributed by atoms with E-state index in [2.05, 4.69) is 5.32 Å². The fraction of sp³-hybridized carbons (Fsp3) is 0.381. The van der Waals surface area contributed by atoms with E-state index in [0.29, 0.717) is 6.61 Å². The Hall–Kier alpha value is -2.57. The highest BCUT2D eigenvalue weighted by Crippen LogP contribution is 2.09. The maximum atomic E-state index is 11.8. The molecule has 0 unspecified atom stereocenters. The SMILES string of the molecule is CCOCC(=O)/C=C/c1ccc(/C=C/C(=O)COC(=O)[C@@H]2CCCN2)cc1. The van der Waals surface area contributed by atoms with E-state index in [1.54, 1.807) is 12.2 Å². The van der Waals surface area contributed by atoms with Gasteiger partial charge in [-0.2, -0.15) is 0 Å². The number of esters is 1. The van der Waals surface area contributed by atoms with Crippen LogP contribution in [0.3, 0.4) is 0 Å². The van der Waals surface area contributed by atoms with Gasteiger partial charge in [-0.15, -0.1) is 0 Å². The first kappa shape index (κ1) is 20.7. The van der Waals surface area contributed by atoms with Crippen molar-refractivity contribution in [1.29, 1.82) is 0 Å². The third-order valence-corrected chi connectivity index (χ3v) is 4.01. The molecule has 0 amide bonds. The first-order chi connectivity index (χ1) is 13.1. The van der Waals surface area contributed by atoms with Gasteiger partial charge in [-0.1, -0.05) is 36.4 Å². The van der Waals surface area contributed by atoms with Crippen LogP contribution in [0, 0.1) is 0 Å². The van der Waals surface area contributed by atoms with E-state index < -0.39 is 0 Å². The fourth-order valence-electron chi connectivity index (χ4n) is 2.52. The second kappa shape index (κ2) is 11.2. The number of hydrogen-bond acceptors (Lipinski definition) is 6. The highest BCUT2D eigenvalue weighted by molar-refractivity contribution is 5.96. The first-order valence-corrected chi connectivity index (χ1v) is 9.08. The molecule has 1 fully saturated rings. The molecule has 1 N–H and O–H groups in total. The zero-order chi connectivity index (χ0) is 19.5. The Balaban J connectivity index is 1.77. The summed E-state index contributed by atoms with van der Waals surface area (Å²) >= 11 is 0. The van der Waals surface area contributed by atoms with Crippen LogP contribution in [0.25, 0.3) is 12.2 Å². The lowest BCUT2D eigenvalue weighted by atomic mass is 10.1. The van der Waals surface area contributed by atoms with E-state index in [0.717, 1.165) is 30.5 Å². The van der Waals surface area contributed by atoms with E-state index in [9.17, 15) is 14.4 Å². The van der Waals surface area contributed by atoms with Crippen molar-refractivity contribution in [1.82, 2.24) is 5.32 Å². The second-order valence-electron chi connectivity index (χ2n) is 6.16. The quantitative estimate of drug-likeness (QED) is 0.501. The van der Waals surface area contributed by atoms with Crippen LogP contribution in [0.15, 0.2) is 36.4 Å². The van der Waals surface area contributed by atoms with Gasteiger partial charge < -0.3 is 14.8 Å². The third-order valence-electron chi connectivity index (χ3n) is 4.01. The number of carbonyl (C=O) groups excluding carboxylic acids is 3. The summed E-state index contributed by atoms with van der Waals surface area (Å²) in [6.07, 6.45) is 7.96. The number of hydrogen-bond donors (Lipinski definition) is 1. The molecule has 1 atom stereocenters. The van der Waals surface area contributed by atoms with Crippen molar-refractivity contribution < 1.29 is 23.9 Å². The molecule has 0 radical (unpaired) electrons. The Kier molecular flexibility index (Phi) is 8.61. The fourth-order valence-corrected chi connectivity index (χ4v) is 2.52. The van der Waals surface area contributed by atoms with Gasteiger partial charge in [-0.05, 0) is 49.6 Å². The van der Waals surface area contributed by atoms with Crippen molar-refractivity contribution in [3.05, 3.63) is 47.5 Å². The lowest BCUT2D eigenvalue weighted by molar-refractivity contribution is -0.148. The maximum absolute atomic E-state index is 11.8. The molecule has 0 spiro atoms. The summed E-state index contributed by atoms with van der Waals surface area (Å²) in [6, 6.07) is 7.08. The average Bonchev–Trinajstić information content (AvgIpc) is 3.23. The van der Waals surface area contributed by atoms with Gasteiger partial charge in [0, 0.05) is 6.61 Å². The van der Waals surface area contributed by atoms with Crippen molar-refractivity contribution >= 4 is 29.7 Å². The van der Waals surface area contributed by atoms with Crippen LogP contribution in [0.2, 0.25) is 0 Å². The number of carbonyl (C=O) groups is 3. The van der Waals surface area contributed by atoms with Crippen LogP contribution < -0.4 is 5.32 Å². The van der Waals surface area contributed by atoms with Gasteiger partial charge in [-0.25, -0.2) is 0 Å². The summed E-state index contributed by atoms with van der Waals surface area (Å²) in [7, 11) is 0. The predicted octanol–water partition coefficient (Wildman–Crippen LogP) is 2.18. The molecule has 1 aromatic carbocycles. The molecule has 144 valence electrons. The molecular weight excluding hydrogens is 346 g/mol. The molecule has 6 heteroatoms. The Labute approximate surface area is 159 Å². The van der Waals surface area contributed by atoms with Gasteiger partial charge >= 0.3 is 5.97 Å². The molecule has 1 aromatic rings. The Morgan fingerprint density at radius 1 is 1.04 bits per heavy atom. The maximum Gasteiger partial charge on any atom is 0.323 e. The van der Waals surface area contributed by atoms with E-state index in [1.165, 1.54) is 12.2 Å². The monoisotopic (exact) mass is 371 g/mol. The summed E-state index contributed by atoms with van der Waals surface area (Å²) in [5.74, 6) is -0.732. The smallest absolute Gasteiger partial charge is 0.323 e. The molecule has 1 aliphatic rings. The molecule has 2 rings (SSSR count). The third kappa shape index (κ3) is 7.68. The Morgan fingerprint density at radius 2 is 1.63 bits per heavy atom. The number of nitrogens with one attached hydrogen (secondary N) is 1. The molecule has 1 aliphatic heterocycles. The summed E-state index contributed by atoms with van der Waals surface area (Å²) in [5, 5.41) is 3.03. The Morgan fingerprint density at radius 3 is 2.15 bits per heavy atom. The first-order valence-electron chi connectivity index (χ1n) is 9.08. The minimum atomic E-state index is -0.371. The largest absolute Gasteiger partial charge is 0.456 e. The van der Waals surface area contributed by atoms with Gasteiger partial charge in [-0.3, -0.25) is 14.4 Å². The van der Waals surface area contributed by atoms with E-state index >= 15 is 0 Å². The van der Waals surface area contributed by atoms with Crippen molar-refractivity contribution in [3.8, 4) is 0 Å². The van der Waals surface area contributed by atoms with Gasteiger partial charge in [0.2, 0.25) is 0 Å². The molecule has 1 saturated heterocycles. The van der Waals surface area contributed by atoms with Gasteiger partial charge in [0.1, 0.15) is 12.6 Å². The molecule has 1 heterocycles. The normalized spacial score (nSPS) is 16.9. The van der Waals surface area contributed by atoms with Crippen molar-refractivity contribution in [2.45, 2.75) is 25.8 Å². The van der Waals surface area contributed by atoms with Crippen LogP contribution >= 0.6 is 0 Å². The van der Waals surface area contributed by atoms with Crippen LogP contribution in [-0.4, -0.2) is 49.9 Å². The zero-order valence-electron chi connectivity index (χ0n) is 15.5. The lowest BCUT2D eigenvalue weighted by Gasteiger charge is -2.08. The van der Waals surface area contributed by atoms with Crippen molar-refractivity contribution in [2.75, 3.05) is 26.4 Å². The van der Waals surface area contributed by atoms with Crippen molar-refractivity contribution in [2.24, 2.45) is 0 Å². The van der Waals surface area contributed by atoms with E-state index in [-0.39, 0.29) is 36.8 Å². The number of ketones is 2. The van der Waals surface area contributed by atoms with E-state index in [1.807, 2.05) is 31.2 Å². The topological polar surface area (TPSA) is 81.7 Å². The van der Waals surface area contributed by atoms with Gasteiger partial charge in [0.25, 0.3) is 0 Å². The number of ether oxygens (including phenoxy) is 2. The second-order valence-corrected chi connectivity index (χ2v) is 6.16.